The number of amides is 2. The fourth-order valence-corrected chi connectivity index (χ4v) is 4.22. The van der Waals surface area contributed by atoms with E-state index in [-0.39, 0.29) is 25.7 Å². The summed E-state index contributed by atoms with van der Waals surface area (Å²) in [7, 11) is 0. The molecule has 0 atom stereocenters. The first kappa shape index (κ1) is 24.1. The van der Waals surface area contributed by atoms with Crippen LogP contribution in [-0.4, -0.2) is 35.2 Å². The van der Waals surface area contributed by atoms with Crippen molar-refractivity contribution in [3.63, 3.8) is 0 Å². The summed E-state index contributed by atoms with van der Waals surface area (Å²) in [4.78, 5) is 28.4. The minimum Gasteiger partial charge on any atom is -0.489 e. The van der Waals surface area contributed by atoms with Crippen LogP contribution in [-0.2, 0) is 6.61 Å². The molecule has 0 aliphatic rings. The molecule has 0 fully saturated rings. The zero-order valence-corrected chi connectivity index (χ0v) is 19.5. The molecule has 0 radical (unpaired) electrons. The van der Waals surface area contributed by atoms with Gasteiger partial charge >= 0.3 is 6.09 Å². The maximum Gasteiger partial charge on any atom is 0.412 e. The molecule has 4 rings (SSSR count). The SMILES string of the molecule is Cc1ccc(NC(=O)c2ccc(F)cc2)cc1OCc1csc2c(OC(=O)NCCO)cncc12. The highest BCUT2D eigenvalue weighted by Crippen LogP contribution is 2.34. The molecule has 2 aromatic heterocycles. The lowest BCUT2D eigenvalue weighted by molar-refractivity contribution is 0.102. The molecule has 0 aliphatic heterocycles. The number of hydrogen-bond acceptors (Lipinski definition) is 7. The Morgan fingerprint density at radius 2 is 1.91 bits per heavy atom. The van der Waals surface area contributed by atoms with Crippen LogP contribution >= 0.6 is 11.3 Å². The number of nitrogens with zero attached hydrogens (tertiary/aromatic N) is 1. The third-order valence-electron chi connectivity index (χ3n) is 5.05. The average Bonchev–Trinajstić information content (AvgIpc) is 3.27. The second-order valence-electron chi connectivity index (χ2n) is 7.55. The summed E-state index contributed by atoms with van der Waals surface area (Å²) < 4.78 is 25.2. The van der Waals surface area contributed by atoms with Crippen LogP contribution in [0.3, 0.4) is 0 Å². The van der Waals surface area contributed by atoms with Crippen LogP contribution in [0.5, 0.6) is 11.5 Å². The van der Waals surface area contributed by atoms with Gasteiger partial charge in [0.1, 0.15) is 18.2 Å². The molecular weight excluding hydrogens is 473 g/mol. The molecule has 10 heteroatoms. The van der Waals surface area contributed by atoms with E-state index in [1.54, 1.807) is 18.3 Å². The van der Waals surface area contributed by atoms with Crippen molar-refractivity contribution in [2.75, 3.05) is 18.5 Å². The van der Waals surface area contributed by atoms with Crippen molar-refractivity contribution < 1.29 is 28.6 Å². The first-order chi connectivity index (χ1) is 16.9. The molecule has 35 heavy (non-hydrogen) atoms. The van der Waals surface area contributed by atoms with Gasteiger partial charge in [0.2, 0.25) is 0 Å². The molecule has 0 saturated heterocycles. The number of rotatable bonds is 8. The molecular formula is C25H22FN3O5S. The van der Waals surface area contributed by atoms with Crippen LogP contribution in [0.4, 0.5) is 14.9 Å². The van der Waals surface area contributed by atoms with Crippen molar-refractivity contribution in [2.45, 2.75) is 13.5 Å². The van der Waals surface area contributed by atoms with Gasteiger partial charge in [-0.3, -0.25) is 9.78 Å². The number of aliphatic hydroxyl groups is 1. The lowest BCUT2D eigenvalue weighted by Crippen LogP contribution is -2.29. The lowest BCUT2D eigenvalue weighted by atomic mass is 10.1. The van der Waals surface area contributed by atoms with Gasteiger partial charge in [-0.1, -0.05) is 6.07 Å². The Bertz CT molecular complexity index is 1360. The van der Waals surface area contributed by atoms with Crippen molar-refractivity contribution in [1.29, 1.82) is 0 Å². The van der Waals surface area contributed by atoms with Gasteiger partial charge in [-0.15, -0.1) is 11.3 Å². The summed E-state index contributed by atoms with van der Waals surface area (Å²) in [5, 5.41) is 16.7. The maximum absolute atomic E-state index is 13.1. The largest absolute Gasteiger partial charge is 0.489 e. The number of anilines is 1. The van der Waals surface area contributed by atoms with E-state index < -0.39 is 11.9 Å². The number of pyridine rings is 1. The topological polar surface area (TPSA) is 110 Å². The number of carbonyl (C=O) groups is 2. The number of aliphatic hydroxyl groups excluding tert-OH is 1. The molecule has 3 N–H and O–H groups in total. The summed E-state index contributed by atoms with van der Waals surface area (Å²) in [6.45, 7) is 2.03. The van der Waals surface area contributed by atoms with Gasteiger partial charge in [-0.25, -0.2) is 9.18 Å². The van der Waals surface area contributed by atoms with E-state index in [1.807, 2.05) is 18.4 Å². The van der Waals surface area contributed by atoms with Gasteiger partial charge < -0.3 is 25.2 Å². The smallest absolute Gasteiger partial charge is 0.412 e. The molecule has 2 aromatic carbocycles. The van der Waals surface area contributed by atoms with Crippen molar-refractivity contribution in [2.24, 2.45) is 0 Å². The van der Waals surface area contributed by atoms with E-state index in [9.17, 15) is 14.0 Å². The van der Waals surface area contributed by atoms with E-state index in [2.05, 4.69) is 15.6 Å². The fourth-order valence-electron chi connectivity index (χ4n) is 3.25. The van der Waals surface area contributed by atoms with Crippen LogP contribution in [0, 0.1) is 12.7 Å². The highest BCUT2D eigenvalue weighted by Gasteiger charge is 2.14. The maximum atomic E-state index is 13.1. The highest BCUT2D eigenvalue weighted by molar-refractivity contribution is 7.17. The van der Waals surface area contributed by atoms with E-state index >= 15 is 0 Å². The van der Waals surface area contributed by atoms with Crippen LogP contribution in [0.2, 0.25) is 0 Å². The number of hydrogen-bond donors (Lipinski definition) is 3. The van der Waals surface area contributed by atoms with Gasteiger partial charge in [0, 0.05) is 41.0 Å². The van der Waals surface area contributed by atoms with E-state index in [0.29, 0.717) is 22.7 Å². The monoisotopic (exact) mass is 495 g/mol. The molecule has 0 aliphatic carbocycles. The van der Waals surface area contributed by atoms with Crippen molar-refractivity contribution in [1.82, 2.24) is 10.3 Å². The molecule has 0 bridgehead atoms. The summed E-state index contributed by atoms with van der Waals surface area (Å²) >= 11 is 1.40. The molecule has 180 valence electrons. The third kappa shape index (κ3) is 5.92. The standard InChI is InChI=1S/C25H22FN3O5S/c1-15-2-7-19(29-24(31)16-3-5-18(26)6-4-16)10-21(15)33-13-17-14-35-23-20(17)11-27-12-22(23)34-25(32)28-8-9-30/h2-7,10-12,14,30H,8-9,13H2,1H3,(H,28,32)(H,29,31). The predicted molar refractivity (Wildman–Crippen MR) is 131 cm³/mol. The summed E-state index contributed by atoms with van der Waals surface area (Å²) in [5.74, 6) is 0.138. The van der Waals surface area contributed by atoms with E-state index in [1.165, 1.54) is 41.8 Å². The number of nitrogens with one attached hydrogen (secondary N) is 2. The summed E-state index contributed by atoms with van der Waals surface area (Å²) in [6, 6.07) is 10.6. The Kier molecular flexibility index (Phi) is 7.54. The second kappa shape index (κ2) is 10.9. The quantitative estimate of drug-likeness (QED) is 0.328. The number of thiophene rings is 1. The molecule has 0 unspecified atom stereocenters. The van der Waals surface area contributed by atoms with Gasteiger partial charge in [0.25, 0.3) is 5.91 Å². The van der Waals surface area contributed by atoms with Crippen molar-refractivity contribution in [3.8, 4) is 11.5 Å². The number of ether oxygens (including phenoxy) is 2. The molecule has 0 spiro atoms. The number of halogens is 1. The van der Waals surface area contributed by atoms with E-state index in [0.717, 1.165) is 21.2 Å². The molecule has 2 heterocycles. The van der Waals surface area contributed by atoms with Crippen molar-refractivity contribution >= 4 is 39.1 Å². The first-order valence-electron chi connectivity index (χ1n) is 10.7. The highest BCUT2D eigenvalue weighted by atomic mass is 32.1. The molecule has 2 amide bonds. The Morgan fingerprint density at radius 1 is 1.11 bits per heavy atom. The van der Waals surface area contributed by atoms with Gasteiger partial charge in [0.05, 0.1) is 17.5 Å². The van der Waals surface area contributed by atoms with Crippen LogP contribution in [0.25, 0.3) is 10.1 Å². The van der Waals surface area contributed by atoms with Gasteiger partial charge in [-0.05, 0) is 48.2 Å². The third-order valence-corrected chi connectivity index (χ3v) is 6.11. The minimum atomic E-state index is -0.672. The fraction of sp³-hybridized carbons (Fsp3) is 0.160. The average molecular weight is 496 g/mol. The van der Waals surface area contributed by atoms with Crippen LogP contribution < -0.4 is 20.1 Å². The molecule has 4 aromatic rings. The number of aryl methyl sites for hydroxylation is 1. The summed E-state index contributed by atoms with van der Waals surface area (Å²) in [6.07, 6.45) is 2.46. The Balaban J connectivity index is 1.46. The van der Waals surface area contributed by atoms with Gasteiger partial charge in [0.15, 0.2) is 5.75 Å². The second-order valence-corrected chi connectivity index (χ2v) is 8.42. The minimum absolute atomic E-state index is 0.0918. The predicted octanol–water partition coefficient (Wildman–Crippen LogP) is 4.66. The zero-order chi connectivity index (χ0) is 24.8. The number of fused-ring (bicyclic) bond motifs is 1. The van der Waals surface area contributed by atoms with E-state index in [4.69, 9.17) is 14.6 Å². The Morgan fingerprint density at radius 3 is 2.69 bits per heavy atom. The lowest BCUT2D eigenvalue weighted by Gasteiger charge is -2.12. The number of benzene rings is 2. The summed E-state index contributed by atoms with van der Waals surface area (Å²) in [5.41, 5.74) is 2.63. The van der Waals surface area contributed by atoms with Crippen LogP contribution in [0.1, 0.15) is 21.5 Å². The Labute approximate surface area is 204 Å². The van der Waals surface area contributed by atoms with Crippen LogP contribution in [0.15, 0.2) is 60.2 Å². The first-order valence-corrected chi connectivity index (χ1v) is 11.5. The normalized spacial score (nSPS) is 10.7. The number of carbonyl (C=O) groups excluding carboxylic acids is 2. The Hall–Kier alpha value is -4.02. The number of aromatic nitrogens is 1. The van der Waals surface area contributed by atoms with Gasteiger partial charge in [-0.2, -0.15) is 0 Å². The van der Waals surface area contributed by atoms with Crippen molar-refractivity contribution in [3.05, 3.63) is 82.7 Å². The zero-order valence-electron chi connectivity index (χ0n) is 18.7. The molecule has 0 saturated carbocycles. The molecule has 8 nitrogen and oxygen atoms in total.